The molecular formula is C20H29N3OS. The Morgan fingerprint density at radius 3 is 2.52 bits per heavy atom. The molecule has 1 N–H and O–H groups in total. The summed E-state index contributed by atoms with van der Waals surface area (Å²) in [5.41, 5.74) is 3.35. The van der Waals surface area contributed by atoms with Crippen molar-refractivity contribution in [3.05, 3.63) is 45.4 Å². The first kappa shape index (κ1) is 19.4. The molecule has 0 aliphatic heterocycles. The van der Waals surface area contributed by atoms with Crippen LogP contribution in [-0.2, 0) is 12.8 Å². The zero-order valence-corrected chi connectivity index (χ0v) is 16.7. The van der Waals surface area contributed by atoms with Crippen LogP contribution in [0.15, 0.2) is 24.3 Å². The molecule has 5 heteroatoms. The lowest BCUT2D eigenvalue weighted by atomic mass is 10.1. The second-order valence-electron chi connectivity index (χ2n) is 7.04. The predicted octanol–water partition coefficient (Wildman–Crippen LogP) is 4.08. The second kappa shape index (κ2) is 8.99. The van der Waals surface area contributed by atoms with E-state index in [1.54, 1.807) is 0 Å². The van der Waals surface area contributed by atoms with Crippen LogP contribution in [0.5, 0.6) is 0 Å². The summed E-state index contributed by atoms with van der Waals surface area (Å²) in [5, 5.41) is 4.08. The first-order chi connectivity index (χ1) is 11.9. The number of hydrogen-bond donors (Lipinski definition) is 1. The first-order valence-corrected chi connectivity index (χ1v) is 9.69. The molecule has 0 atom stereocenters. The van der Waals surface area contributed by atoms with E-state index >= 15 is 0 Å². The number of benzene rings is 1. The molecular weight excluding hydrogens is 330 g/mol. The predicted molar refractivity (Wildman–Crippen MR) is 107 cm³/mol. The minimum absolute atomic E-state index is 0.00737. The fourth-order valence-electron chi connectivity index (χ4n) is 2.63. The van der Waals surface area contributed by atoms with Gasteiger partial charge in [-0.05, 0) is 43.4 Å². The summed E-state index contributed by atoms with van der Waals surface area (Å²) in [7, 11) is 4.08. The van der Waals surface area contributed by atoms with Gasteiger partial charge in [-0.1, -0.05) is 26.0 Å². The smallest absolute Gasteiger partial charge is 0.263 e. The van der Waals surface area contributed by atoms with Crippen molar-refractivity contribution in [2.75, 3.05) is 25.5 Å². The average molecular weight is 360 g/mol. The van der Waals surface area contributed by atoms with E-state index in [1.807, 2.05) is 21.0 Å². The number of aromatic nitrogens is 1. The SMILES string of the molecule is Cc1nc(CC(C)C)sc1C(=O)NCCCc1ccc(N(C)C)cc1. The van der Waals surface area contributed by atoms with E-state index in [0.717, 1.165) is 34.8 Å². The van der Waals surface area contributed by atoms with Crippen LogP contribution in [-0.4, -0.2) is 31.5 Å². The fraction of sp³-hybridized carbons (Fsp3) is 0.500. The summed E-state index contributed by atoms with van der Waals surface area (Å²) in [6.07, 6.45) is 2.83. The Morgan fingerprint density at radius 1 is 1.24 bits per heavy atom. The number of rotatable bonds is 8. The van der Waals surface area contributed by atoms with Crippen LogP contribution in [0.25, 0.3) is 0 Å². The molecule has 0 unspecified atom stereocenters. The molecule has 1 aromatic heterocycles. The Morgan fingerprint density at radius 2 is 1.92 bits per heavy atom. The van der Waals surface area contributed by atoms with Gasteiger partial charge in [-0.2, -0.15) is 0 Å². The highest BCUT2D eigenvalue weighted by atomic mass is 32.1. The van der Waals surface area contributed by atoms with Crippen molar-refractivity contribution in [1.82, 2.24) is 10.3 Å². The van der Waals surface area contributed by atoms with Crippen molar-refractivity contribution in [3.8, 4) is 0 Å². The van der Waals surface area contributed by atoms with E-state index < -0.39 is 0 Å². The summed E-state index contributed by atoms with van der Waals surface area (Å²) in [5.74, 6) is 0.563. The van der Waals surface area contributed by atoms with Gasteiger partial charge in [-0.15, -0.1) is 11.3 Å². The van der Waals surface area contributed by atoms with Gasteiger partial charge < -0.3 is 10.2 Å². The molecule has 0 saturated carbocycles. The number of anilines is 1. The Labute approximate surface area is 155 Å². The number of amides is 1. The molecule has 0 aliphatic carbocycles. The maximum absolute atomic E-state index is 12.3. The van der Waals surface area contributed by atoms with Crippen molar-refractivity contribution < 1.29 is 4.79 Å². The molecule has 1 amide bonds. The van der Waals surface area contributed by atoms with Crippen LogP contribution < -0.4 is 10.2 Å². The van der Waals surface area contributed by atoms with E-state index in [2.05, 4.69) is 53.3 Å². The molecule has 0 spiro atoms. The summed E-state index contributed by atoms with van der Waals surface area (Å²) in [6.45, 7) is 6.94. The molecule has 2 rings (SSSR count). The van der Waals surface area contributed by atoms with Gasteiger partial charge in [-0.3, -0.25) is 4.79 Å². The van der Waals surface area contributed by atoms with Crippen molar-refractivity contribution in [2.45, 2.75) is 40.0 Å². The number of nitrogens with one attached hydrogen (secondary N) is 1. The molecule has 1 heterocycles. The van der Waals surface area contributed by atoms with Gasteiger partial charge in [-0.25, -0.2) is 4.98 Å². The maximum atomic E-state index is 12.3. The van der Waals surface area contributed by atoms with Gasteiger partial charge in [0.1, 0.15) is 4.88 Å². The highest BCUT2D eigenvalue weighted by Gasteiger charge is 2.15. The lowest BCUT2D eigenvalue weighted by molar-refractivity contribution is 0.0956. The van der Waals surface area contributed by atoms with E-state index in [-0.39, 0.29) is 5.91 Å². The second-order valence-corrected chi connectivity index (χ2v) is 8.12. The van der Waals surface area contributed by atoms with Crippen LogP contribution in [0, 0.1) is 12.8 Å². The lowest BCUT2D eigenvalue weighted by Crippen LogP contribution is -2.24. The van der Waals surface area contributed by atoms with Gasteiger partial charge in [0, 0.05) is 32.7 Å². The number of aryl methyl sites for hydroxylation is 2. The largest absolute Gasteiger partial charge is 0.378 e. The highest BCUT2D eigenvalue weighted by molar-refractivity contribution is 7.13. The van der Waals surface area contributed by atoms with Crippen LogP contribution in [0.1, 0.15) is 46.2 Å². The Balaban J connectivity index is 1.79. The molecule has 0 radical (unpaired) electrons. The molecule has 4 nitrogen and oxygen atoms in total. The van der Waals surface area contributed by atoms with Crippen molar-refractivity contribution >= 4 is 22.9 Å². The average Bonchev–Trinajstić information content (AvgIpc) is 2.91. The molecule has 136 valence electrons. The Hall–Kier alpha value is -1.88. The minimum atomic E-state index is 0.00737. The molecule has 0 saturated heterocycles. The van der Waals surface area contributed by atoms with Crippen molar-refractivity contribution in [3.63, 3.8) is 0 Å². The van der Waals surface area contributed by atoms with Gasteiger partial charge in [0.25, 0.3) is 5.91 Å². The third kappa shape index (κ3) is 5.85. The first-order valence-electron chi connectivity index (χ1n) is 8.87. The summed E-state index contributed by atoms with van der Waals surface area (Å²) < 4.78 is 0. The standard InChI is InChI=1S/C20H29N3OS/c1-14(2)13-18-22-15(3)19(25-18)20(24)21-12-6-7-16-8-10-17(11-9-16)23(4)5/h8-11,14H,6-7,12-13H2,1-5H3,(H,21,24). The topological polar surface area (TPSA) is 45.2 Å². The quantitative estimate of drug-likeness (QED) is 0.723. The van der Waals surface area contributed by atoms with Crippen LogP contribution in [0.2, 0.25) is 0 Å². The van der Waals surface area contributed by atoms with E-state index in [1.165, 1.54) is 22.6 Å². The molecule has 0 bridgehead atoms. The fourth-order valence-corrected chi connectivity index (χ4v) is 3.83. The number of carbonyl (C=O) groups is 1. The highest BCUT2D eigenvalue weighted by Crippen LogP contribution is 2.20. The number of nitrogens with zero attached hydrogens (tertiary/aromatic N) is 2. The van der Waals surface area contributed by atoms with Gasteiger partial charge >= 0.3 is 0 Å². The van der Waals surface area contributed by atoms with E-state index in [4.69, 9.17) is 0 Å². The minimum Gasteiger partial charge on any atom is -0.378 e. The zero-order valence-electron chi connectivity index (χ0n) is 15.9. The summed E-state index contributed by atoms with van der Waals surface area (Å²) in [6, 6.07) is 8.57. The van der Waals surface area contributed by atoms with Crippen LogP contribution >= 0.6 is 11.3 Å². The summed E-state index contributed by atoms with van der Waals surface area (Å²) in [4.78, 5) is 19.7. The van der Waals surface area contributed by atoms with E-state index in [0.29, 0.717) is 12.5 Å². The molecule has 1 aromatic carbocycles. The normalized spacial score (nSPS) is 11.0. The molecule has 2 aromatic rings. The van der Waals surface area contributed by atoms with Crippen molar-refractivity contribution in [2.24, 2.45) is 5.92 Å². The number of thiazole rings is 1. The Bertz CT molecular complexity index is 689. The maximum Gasteiger partial charge on any atom is 0.263 e. The van der Waals surface area contributed by atoms with Gasteiger partial charge in [0.05, 0.1) is 10.7 Å². The van der Waals surface area contributed by atoms with Crippen LogP contribution in [0.4, 0.5) is 5.69 Å². The number of carbonyl (C=O) groups excluding carboxylic acids is 1. The van der Waals surface area contributed by atoms with Crippen LogP contribution in [0.3, 0.4) is 0 Å². The third-order valence-electron chi connectivity index (χ3n) is 4.01. The zero-order chi connectivity index (χ0) is 18.4. The summed E-state index contributed by atoms with van der Waals surface area (Å²) >= 11 is 1.53. The molecule has 25 heavy (non-hydrogen) atoms. The van der Waals surface area contributed by atoms with Crippen molar-refractivity contribution in [1.29, 1.82) is 0 Å². The Kier molecular flexibility index (Phi) is 7.00. The van der Waals surface area contributed by atoms with Gasteiger partial charge in [0.2, 0.25) is 0 Å². The molecule has 0 aliphatic rings. The van der Waals surface area contributed by atoms with E-state index in [9.17, 15) is 4.79 Å². The number of hydrogen-bond acceptors (Lipinski definition) is 4. The molecule has 0 fully saturated rings. The van der Waals surface area contributed by atoms with Gasteiger partial charge in [0.15, 0.2) is 0 Å². The monoisotopic (exact) mass is 359 g/mol. The lowest BCUT2D eigenvalue weighted by Gasteiger charge is -2.12. The third-order valence-corrected chi connectivity index (χ3v) is 5.19.